The van der Waals surface area contributed by atoms with E-state index in [0.29, 0.717) is 24.2 Å². The highest BCUT2D eigenvalue weighted by atomic mass is 16.5. The molecule has 132 valence electrons. The lowest BCUT2D eigenvalue weighted by atomic mass is 9.99. The summed E-state index contributed by atoms with van der Waals surface area (Å²) in [4.78, 5) is 29.3. The first kappa shape index (κ1) is 16.5. The number of nitrogens with zero attached hydrogens (tertiary/aromatic N) is 1. The second kappa shape index (κ2) is 6.77. The Labute approximate surface area is 151 Å². The SMILES string of the molecule is CN(CC1Cc2ccccc2CO1)C(=O)c1cc(=O)[nH]c2ccccc12. The fourth-order valence-electron chi connectivity index (χ4n) is 3.50. The van der Waals surface area contributed by atoms with E-state index in [0.717, 1.165) is 11.8 Å². The Hall–Kier alpha value is -2.92. The number of pyridine rings is 1. The molecule has 2 heterocycles. The smallest absolute Gasteiger partial charge is 0.254 e. The van der Waals surface area contributed by atoms with Crippen LogP contribution in [0.4, 0.5) is 0 Å². The molecule has 1 atom stereocenters. The fourth-order valence-corrected chi connectivity index (χ4v) is 3.50. The van der Waals surface area contributed by atoms with Crippen LogP contribution in [-0.2, 0) is 17.8 Å². The van der Waals surface area contributed by atoms with Crippen LogP contribution in [0.3, 0.4) is 0 Å². The molecule has 3 aromatic rings. The van der Waals surface area contributed by atoms with Crippen LogP contribution < -0.4 is 5.56 Å². The average molecular weight is 348 g/mol. The lowest BCUT2D eigenvalue weighted by Crippen LogP contribution is -2.38. The molecule has 0 aliphatic carbocycles. The van der Waals surface area contributed by atoms with E-state index in [2.05, 4.69) is 17.1 Å². The molecule has 0 saturated heterocycles. The molecule has 5 heteroatoms. The number of H-pyrrole nitrogens is 1. The van der Waals surface area contributed by atoms with Gasteiger partial charge in [0.2, 0.25) is 5.56 Å². The van der Waals surface area contributed by atoms with Crippen molar-refractivity contribution < 1.29 is 9.53 Å². The molecule has 1 N–H and O–H groups in total. The van der Waals surface area contributed by atoms with Gasteiger partial charge in [-0.3, -0.25) is 9.59 Å². The number of benzene rings is 2. The predicted octanol–water partition coefficient (Wildman–Crippen LogP) is 2.74. The highest BCUT2D eigenvalue weighted by molar-refractivity contribution is 6.05. The summed E-state index contributed by atoms with van der Waals surface area (Å²) in [5.41, 5.74) is 3.29. The Morgan fingerprint density at radius 1 is 1.15 bits per heavy atom. The second-order valence-electron chi connectivity index (χ2n) is 6.68. The predicted molar refractivity (Wildman–Crippen MR) is 100 cm³/mol. The van der Waals surface area contributed by atoms with Gasteiger partial charge in [-0.05, 0) is 17.2 Å². The van der Waals surface area contributed by atoms with Gasteiger partial charge in [-0.2, -0.15) is 0 Å². The van der Waals surface area contributed by atoms with Crippen LogP contribution in [0.5, 0.6) is 0 Å². The zero-order valence-electron chi connectivity index (χ0n) is 14.6. The molecule has 1 aliphatic heterocycles. The molecule has 4 rings (SSSR count). The van der Waals surface area contributed by atoms with Gasteiger partial charge in [-0.25, -0.2) is 0 Å². The van der Waals surface area contributed by atoms with E-state index in [-0.39, 0.29) is 17.6 Å². The van der Waals surface area contributed by atoms with Crippen LogP contribution in [0.2, 0.25) is 0 Å². The van der Waals surface area contributed by atoms with Crippen molar-refractivity contribution in [2.24, 2.45) is 0 Å². The standard InChI is InChI=1S/C21H20N2O3/c1-23(12-16-10-14-6-2-3-7-15(14)13-26-16)21(25)18-11-20(24)22-19-9-5-4-8-17(18)19/h2-9,11,16H,10,12-13H2,1H3,(H,22,24). The van der Waals surface area contributed by atoms with Gasteiger partial charge >= 0.3 is 0 Å². The third kappa shape index (κ3) is 3.13. The first-order valence-electron chi connectivity index (χ1n) is 8.68. The number of carbonyl (C=O) groups excluding carboxylic acids is 1. The van der Waals surface area contributed by atoms with Crippen LogP contribution in [0.15, 0.2) is 59.4 Å². The van der Waals surface area contributed by atoms with Gasteiger partial charge < -0.3 is 14.6 Å². The van der Waals surface area contributed by atoms with Crippen LogP contribution >= 0.6 is 0 Å². The van der Waals surface area contributed by atoms with Gasteiger partial charge in [0.25, 0.3) is 5.91 Å². The van der Waals surface area contributed by atoms with E-state index in [9.17, 15) is 9.59 Å². The quantitative estimate of drug-likeness (QED) is 0.792. The number of nitrogens with one attached hydrogen (secondary N) is 1. The van der Waals surface area contributed by atoms with Crippen LogP contribution in [0, 0.1) is 0 Å². The molecule has 2 aromatic carbocycles. The fraction of sp³-hybridized carbons (Fsp3) is 0.238. The third-order valence-corrected chi connectivity index (χ3v) is 4.85. The molecule has 1 amide bonds. The molecule has 0 fully saturated rings. The Morgan fingerprint density at radius 2 is 1.88 bits per heavy atom. The number of aromatic amines is 1. The number of para-hydroxylation sites is 1. The van der Waals surface area contributed by atoms with Crippen molar-refractivity contribution in [1.29, 1.82) is 0 Å². The van der Waals surface area contributed by atoms with Gasteiger partial charge in [-0.1, -0.05) is 42.5 Å². The summed E-state index contributed by atoms with van der Waals surface area (Å²) >= 11 is 0. The lowest BCUT2D eigenvalue weighted by Gasteiger charge is -2.29. The number of amides is 1. The molecule has 1 aromatic heterocycles. The summed E-state index contributed by atoms with van der Waals surface area (Å²) in [6, 6.07) is 16.9. The van der Waals surface area contributed by atoms with Gasteiger partial charge in [0.1, 0.15) is 0 Å². The molecule has 0 saturated carbocycles. The van der Waals surface area contributed by atoms with Crippen molar-refractivity contribution in [3.8, 4) is 0 Å². The molecular weight excluding hydrogens is 328 g/mol. The molecule has 1 unspecified atom stereocenters. The number of ether oxygens (including phenoxy) is 1. The van der Waals surface area contributed by atoms with Crippen molar-refractivity contribution in [1.82, 2.24) is 9.88 Å². The topological polar surface area (TPSA) is 62.4 Å². The van der Waals surface area contributed by atoms with Crippen molar-refractivity contribution in [3.63, 3.8) is 0 Å². The molecule has 0 radical (unpaired) electrons. The maximum atomic E-state index is 12.9. The van der Waals surface area contributed by atoms with E-state index in [1.807, 2.05) is 30.3 Å². The number of aromatic nitrogens is 1. The van der Waals surface area contributed by atoms with E-state index >= 15 is 0 Å². The van der Waals surface area contributed by atoms with Crippen molar-refractivity contribution >= 4 is 16.8 Å². The Morgan fingerprint density at radius 3 is 2.73 bits per heavy atom. The minimum absolute atomic E-state index is 0.0490. The van der Waals surface area contributed by atoms with Crippen LogP contribution in [0.1, 0.15) is 21.5 Å². The summed E-state index contributed by atoms with van der Waals surface area (Å²) in [7, 11) is 1.75. The number of hydrogen-bond acceptors (Lipinski definition) is 3. The van der Waals surface area contributed by atoms with Gasteiger partial charge in [0.15, 0.2) is 0 Å². The Bertz CT molecular complexity index is 1020. The number of fused-ring (bicyclic) bond motifs is 2. The number of rotatable bonds is 3. The molecule has 5 nitrogen and oxygen atoms in total. The Kier molecular flexibility index (Phi) is 4.31. The zero-order valence-corrected chi connectivity index (χ0v) is 14.6. The summed E-state index contributed by atoms with van der Waals surface area (Å²) in [6.45, 7) is 1.05. The summed E-state index contributed by atoms with van der Waals surface area (Å²) in [6.07, 6.45) is 0.733. The van der Waals surface area contributed by atoms with Crippen molar-refractivity contribution in [3.05, 3.63) is 81.6 Å². The molecule has 0 bridgehead atoms. The van der Waals surface area contributed by atoms with E-state index in [1.165, 1.54) is 17.2 Å². The van der Waals surface area contributed by atoms with Crippen LogP contribution in [0.25, 0.3) is 10.9 Å². The largest absolute Gasteiger partial charge is 0.371 e. The number of hydrogen-bond donors (Lipinski definition) is 1. The maximum absolute atomic E-state index is 12.9. The maximum Gasteiger partial charge on any atom is 0.254 e. The summed E-state index contributed by atoms with van der Waals surface area (Å²) < 4.78 is 5.91. The highest BCUT2D eigenvalue weighted by Gasteiger charge is 2.23. The number of carbonyl (C=O) groups is 1. The Balaban J connectivity index is 1.55. The third-order valence-electron chi connectivity index (χ3n) is 4.85. The second-order valence-corrected chi connectivity index (χ2v) is 6.68. The molecule has 0 spiro atoms. The molecule has 1 aliphatic rings. The molecule has 26 heavy (non-hydrogen) atoms. The first-order valence-corrected chi connectivity index (χ1v) is 8.68. The van der Waals surface area contributed by atoms with E-state index in [4.69, 9.17) is 4.74 Å². The minimum Gasteiger partial charge on any atom is -0.371 e. The molecular formula is C21H20N2O3. The summed E-state index contributed by atoms with van der Waals surface area (Å²) in [5, 5.41) is 0.749. The zero-order chi connectivity index (χ0) is 18.1. The normalized spacial score (nSPS) is 16.3. The minimum atomic E-state index is -0.275. The monoisotopic (exact) mass is 348 g/mol. The van der Waals surface area contributed by atoms with Crippen molar-refractivity contribution in [2.75, 3.05) is 13.6 Å². The van der Waals surface area contributed by atoms with E-state index in [1.54, 1.807) is 18.0 Å². The summed E-state index contributed by atoms with van der Waals surface area (Å²) in [5.74, 6) is -0.172. The highest BCUT2D eigenvalue weighted by Crippen LogP contribution is 2.22. The van der Waals surface area contributed by atoms with Crippen LogP contribution in [-0.4, -0.2) is 35.5 Å². The van der Waals surface area contributed by atoms with Gasteiger partial charge in [0, 0.05) is 37.0 Å². The lowest BCUT2D eigenvalue weighted by molar-refractivity contribution is 0.00989. The first-order chi connectivity index (χ1) is 12.6. The van der Waals surface area contributed by atoms with E-state index < -0.39 is 0 Å². The van der Waals surface area contributed by atoms with Crippen molar-refractivity contribution in [2.45, 2.75) is 19.1 Å². The number of likely N-dealkylation sites (N-methyl/N-ethyl adjacent to an activating group) is 1. The van der Waals surface area contributed by atoms with Gasteiger partial charge in [0.05, 0.1) is 18.3 Å². The average Bonchev–Trinajstić information content (AvgIpc) is 2.66. The van der Waals surface area contributed by atoms with Gasteiger partial charge in [-0.15, -0.1) is 0 Å².